The number of thioether (sulfide) groups is 1. The fourth-order valence-corrected chi connectivity index (χ4v) is 3.08. The Hall–Kier alpha value is -3.33. The number of para-hydroxylation sites is 3. The van der Waals surface area contributed by atoms with E-state index in [-0.39, 0.29) is 10.5 Å². The zero-order chi connectivity index (χ0) is 18.7. The molecule has 0 unspecified atom stereocenters. The second-order valence-corrected chi connectivity index (χ2v) is 6.14. The molecule has 1 aliphatic heterocycles. The maximum absolute atomic E-state index is 12.1. The summed E-state index contributed by atoms with van der Waals surface area (Å²) >= 11 is 1.04. The molecule has 1 saturated heterocycles. The normalized spacial score (nSPS) is 16.7. The number of nitrogens with zero attached hydrogens (tertiary/aromatic N) is 2. The van der Waals surface area contributed by atoms with Crippen LogP contribution < -0.4 is 15.2 Å². The Morgan fingerprint density at radius 2 is 2.00 bits per heavy atom. The van der Waals surface area contributed by atoms with Crippen LogP contribution in [0.4, 0.5) is 11.4 Å². The van der Waals surface area contributed by atoms with Crippen LogP contribution >= 0.6 is 11.8 Å². The Bertz CT molecular complexity index is 955. The number of aliphatic imine (C=N–C) groups is 1. The van der Waals surface area contributed by atoms with Crippen molar-refractivity contribution in [2.24, 2.45) is 4.99 Å². The van der Waals surface area contributed by atoms with Crippen molar-refractivity contribution in [3.8, 4) is 11.5 Å². The van der Waals surface area contributed by atoms with E-state index >= 15 is 0 Å². The summed E-state index contributed by atoms with van der Waals surface area (Å²) in [4.78, 5) is 26.8. The van der Waals surface area contributed by atoms with E-state index in [0.717, 1.165) is 17.8 Å². The van der Waals surface area contributed by atoms with Gasteiger partial charge >= 0.3 is 0 Å². The van der Waals surface area contributed by atoms with Crippen molar-refractivity contribution < 1.29 is 19.6 Å². The van der Waals surface area contributed by atoms with Gasteiger partial charge in [0.05, 0.1) is 16.9 Å². The summed E-state index contributed by atoms with van der Waals surface area (Å²) in [6, 6.07) is 11.0. The van der Waals surface area contributed by atoms with Gasteiger partial charge in [0.1, 0.15) is 11.4 Å². The fourth-order valence-electron chi connectivity index (χ4n) is 2.25. The number of amidine groups is 1. The van der Waals surface area contributed by atoms with Crippen molar-refractivity contribution in [1.29, 1.82) is 0 Å². The van der Waals surface area contributed by atoms with Crippen LogP contribution in [0.25, 0.3) is 6.08 Å². The quantitative estimate of drug-likeness (QED) is 0.502. The molecule has 2 aromatic carbocycles. The lowest BCUT2D eigenvalue weighted by Gasteiger charge is -2.10. The Labute approximate surface area is 152 Å². The van der Waals surface area contributed by atoms with Crippen LogP contribution in [0.2, 0.25) is 0 Å². The number of rotatable bonds is 4. The van der Waals surface area contributed by atoms with Crippen LogP contribution in [0.3, 0.4) is 0 Å². The summed E-state index contributed by atoms with van der Waals surface area (Å²) in [5.74, 6) is -0.629. The largest absolute Gasteiger partial charge is 0.867 e. The number of nitrogens with one attached hydrogen (secondary N) is 1. The van der Waals surface area contributed by atoms with Gasteiger partial charge in [-0.2, -0.15) is 0 Å². The molecular weight excluding hydrogens is 358 g/mol. The lowest BCUT2D eigenvalue weighted by atomic mass is 10.1. The molecule has 0 spiro atoms. The minimum atomic E-state index is -0.749. The van der Waals surface area contributed by atoms with Crippen LogP contribution in [-0.2, 0) is 4.79 Å². The molecule has 1 N–H and O–H groups in total. The van der Waals surface area contributed by atoms with Crippen LogP contribution in [0, 0.1) is 10.1 Å². The zero-order valence-corrected chi connectivity index (χ0v) is 14.3. The van der Waals surface area contributed by atoms with Crippen LogP contribution in [0.5, 0.6) is 11.5 Å². The predicted octanol–water partition coefficient (Wildman–Crippen LogP) is 2.57. The average molecular weight is 370 g/mol. The van der Waals surface area contributed by atoms with E-state index in [0.29, 0.717) is 16.6 Å². The number of benzene rings is 2. The van der Waals surface area contributed by atoms with Gasteiger partial charge in [0.25, 0.3) is 11.6 Å². The number of nitro groups is 1. The Balaban J connectivity index is 1.91. The van der Waals surface area contributed by atoms with E-state index in [4.69, 9.17) is 4.74 Å². The van der Waals surface area contributed by atoms with Gasteiger partial charge in [-0.15, -0.1) is 0 Å². The molecule has 1 aliphatic rings. The third-order valence-electron chi connectivity index (χ3n) is 3.47. The minimum absolute atomic E-state index is 0.0652. The van der Waals surface area contributed by atoms with Gasteiger partial charge in [0.2, 0.25) is 0 Å². The van der Waals surface area contributed by atoms with Crippen LogP contribution in [0.1, 0.15) is 5.56 Å². The standard InChI is InChI=1S/C17H13N3O5S/c1-25-13-8-3-2-6-11(13)18-17-19-16(22)14(26-17)9-10-5-4-7-12(15(10)21)20(23)24/h2-9,21H,1H3,(H,18,19,22)/p-1/b14-9+. The molecule has 132 valence electrons. The van der Waals surface area contributed by atoms with Crippen molar-refractivity contribution in [3.05, 3.63) is 63.0 Å². The molecule has 0 aromatic heterocycles. The highest BCUT2D eigenvalue weighted by Crippen LogP contribution is 2.34. The zero-order valence-electron chi connectivity index (χ0n) is 13.5. The number of hydrogen-bond donors (Lipinski definition) is 1. The molecular formula is C17H12N3O5S-. The van der Waals surface area contributed by atoms with Crippen molar-refractivity contribution in [3.63, 3.8) is 0 Å². The summed E-state index contributed by atoms with van der Waals surface area (Å²) in [6.45, 7) is 0. The van der Waals surface area contributed by atoms with E-state index in [2.05, 4.69) is 10.3 Å². The number of carbonyl (C=O) groups is 1. The number of hydrogen-bond acceptors (Lipinski definition) is 7. The molecule has 9 heteroatoms. The highest BCUT2D eigenvalue weighted by Gasteiger charge is 2.24. The van der Waals surface area contributed by atoms with Gasteiger partial charge in [0, 0.05) is 6.07 Å². The number of ether oxygens (including phenoxy) is 1. The SMILES string of the molecule is COc1ccccc1N=C1NC(=O)/C(=C\c2cccc([N+](=O)[O-])c2[O-])S1. The first-order valence-electron chi connectivity index (χ1n) is 7.36. The van der Waals surface area contributed by atoms with Gasteiger partial charge in [-0.1, -0.05) is 24.3 Å². The number of methoxy groups -OCH3 is 1. The van der Waals surface area contributed by atoms with E-state index in [9.17, 15) is 20.0 Å². The fraction of sp³-hybridized carbons (Fsp3) is 0.0588. The predicted molar refractivity (Wildman–Crippen MR) is 96.3 cm³/mol. The van der Waals surface area contributed by atoms with Gasteiger partial charge in [-0.25, -0.2) is 4.99 Å². The molecule has 0 aliphatic carbocycles. The Morgan fingerprint density at radius 1 is 1.23 bits per heavy atom. The molecule has 0 saturated carbocycles. The van der Waals surface area contributed by atoms with Gasteiger partial charge in [-0.05, 0) is 41.3 Å². The molecule has 0 bridgehead atoms. The second kappa shape index (κ2) is 7.28. The topological polar surface area (TPSA) is 117 Å². The number of nitro benzene ring substituents is 1. The summed E-state index contributed by atoms with van der Waals surface area (Å²) in [5.41, 5.74) is 0.0694. The third-order valence-corrected chi connectivity index (χ3v) is 4.38. The smallest absolute Gasteiger partial charge is 0.264 e. The monoisotopic (exact) mass is 370 g/mol. The molecule has 1 fully saturated rings. The summed E-state index contributed by atoms with van der Waals surface area (Å²) in [6.07, 6.45) is 1.32. The summed E-state index contributed by atoms with van der Waals surface area (Å²) in [5, 5.41) is 25.9. The molecule has 1 amide bonds. The van der Waals surface area contributed by atoms with Crippen molar-refractivity contribution in [2.45, 2.75) is 0 Å². The van der Waals surface area contributed by atoms with Gasteiger partial charge in [-0.3, -0.25) is 14.9 Å². The summed E-state index contributed by atoms with van der Waals surface area (Å²) < 4.78 is 5.21. The molecule has 0 atom stereocenters. The lowest BCUT2D eigenvalue weighted by molar-refractivity contribution is -0.398. The number of carbonyl (C=O) groups excluding carboxylic acids is 1. The highest BCUT2D eigenvalue weighted by molar-refractivity contribution is 8.18. The van der Waals surface area contributed by atoms with E-state index in [1.54, 1.807) is 24.3 Å². The van der Waals surface area contributed by atoms with Crippen LogP contribution in [-0.4, -0.2) is 23.1 Å². The first kappa shape index (κ1) is 17.5. The van der Waals surface area contributed by atoms with Crippen molar-refractivity contribution in [2.75, 3.05) is 7.11 Å². The van der Waals surface area contributed by atoms with E-state index in [1.165, 1.54) is 25.3 Å². The molecule has 8 nitrogen and oxygen atoms in total. The van der Waals surface area contributed by atoms with Crippen molar-refractivity contribution in [1.82, 2.24) is 5.32 Å². The molecule has 1 heterocycles. The first-order valence-corrected chi connectivity index (χ1v) is 8.18. The number of amides is 1. The molecule has 26 heavy (non-hydrogen) atoms. The summed E-state index contributed by atoms with van der Waals surface area (Å²) in [7, 11) is 1.52. The van der Waals surface area contributed by atoms with Crippen LogP contribution in [0.15, 0.2) is 52.4 Å². The first-order chi connectivity index (χ1) is 12.5. The highest BCUT2D eigenvalue weighted by atomic mass is 32.2. The Morgan fingerprint density at radius 3 is 2.73 bits per heavy atom. The van der Waals surface area contributed by atoms with Crippen molar-refractivity contribution >= 4 is 40.3 Å². The third kappa shape index (κ3) is 3.52. The second-order valence-electron chi connectivity index (χ2n) is 5.11. The molecule has 3 rings (SSSR count). The van der Waals surface area contributed by atoms with Gasteiger partial charge in [0.15, 0.2) is 5.17 Å². The minimum Gasteiger partial charge on any atom is -0.867 e. The maximum Gasteiger partial charge on any atom is 0.264 e. The van der Waals surface area contributed by atoms with E-state index < -0.39 is 22.3 Å². The maximum atomic E-state index is 12.1. The van der Waals surface area contributed by atoms with E-state index in [1.807, 2.05) is 0 Å². The Kier molecular flexibility index (Phi) is 4.90. The molecule has 2 aromatic rings. The average Bonchev–Trinajstić information content (AvgIpc) is 2.96. The molecule has 0 radical (unpaired) electrons. The van der Waals surface area contributed by atoms with Gasteiger partial charge < -0.3 is 15.2 Å². The lowest BCUT2D eigenvalue weighted by Crippen LogP contribution is -2.19.